The predicted molar refractivity (Wildman–Crippen MR) is 92.9 cm³/mol. The second-order valence-electron chi connectivity index (χ2n) is 5.11. The molecule has 0 unspecified atom stereocenters. The molecule has 0 aromatic heterocycles. The summed E-state index contributed by atoms with van der Waals surface area (Å²) >= 11 is 6.02. The third-order valence-corrected chi connectivity index (χ3v) is 3.69. The minimum atomic E-state index is -2.87. The second kappa shape index (κ2) is 8.53. The molecule has 0 aliphatic heterocycles. The number of anilines is 2. The molecule has 25 heavy (non-hydrogen) atoms. The number of methoxy groups -OCH3 is 1. The molecule has 0 heterocycles. The number of ether oxygens (including phenoxy) is 2. The van der Waals surface area contributed by atoms with Crippen molar-refractivity contribution >= 4 is 28.9 Å². The van der Waals surface area contributed by atoms with Gasteiger partial charge in [-0.15, -0.1) is 0 Å². The maximum absolute atomic E-state index is 12.1. The molecule has 5 nitrogen and oxygen atoms in total. The number of amides is 1. The van der Waals surface area contributed by atoms with E-state index in [2.05, 4.69) is 15.4 Å². The minimum absolute atomic E-state index is 0.0140. The van der Waals surface area contributed by atoms with Gasteiger partial charge < -0.3 is 20.1 Å². The Morgan fingerprint density at radius 3 is 2.52 bits per heavy atom. The van der Waals surface area contributed by atoms with Crippen molar-refractivity contribution in [3.63, 3.8) is 0 Å². The summed E-state index contributed by atoms with van der Waals surface area (Å²) in [6.45, 7) is -1.07. The minimum Gasteiger partial charge on any atom is -0.495 e. The lowest BCUT2D eigenvalue weighted by Gasteiger charge is -2.13. The van der Waals surface area contributed by atoms with Crippen LogP contribution < -0.4 is 20.1 Å². The van der Waals surface area contributed by atoms with Gasteiger partial charge in [-0.05, 0) is 42.8 Å². The summed E-state index contributed by atoms with van der Waals surface area (Å²) in [6.07, 6.45) is 0. The first-order chi connectivity index (χ1) is 11.9. The summed E-state index contributed by atoms with van der Waals surface area (Å²) in [5.74, 6) is 0.205. The van der Waals surface area contributed by atoms with E-state index in [1.165, 1.54) is 31.4 Å². The average Bonchev–Trinajstić information content (AvgIpc) is 2.57. The smallest absolute Gasteiger partial charge is 0.387 e. The number of alkyl halides is 2. The Hall–Kier alpha value is -2.54. The quantitative estimate of drug-likeness (QED) is 0.762. The normalized spacial score (nSPS) is 10.5. The molecule has 134 valence electrons. The third-order valence-electron chi connectivity index (χ3n) is 3.29. The van der Waals surface area contributed by atoms with Crippen LogP contribution in [0.15, 0.2) is 36.4 Å². The molecule has 2 aromatic carbocycles. The summed E-state index contributed by atoms with van der Waals surface area (Å²) < 4.78 is 33.6. The van der Waals surface area contributed by atoms with Gasteiger partial charge in [0.15, 0.2) is 0 Å². The van der Waals surface area contributed by atoms with Crippen LogP contribution in [0.1, 0.15) is 5.56 Å². The fourth-order valence-corrected chi connectivity index (χ4v) is 2.21. The molecule has 0 spiro atoms. The zero-order valence-electron chi connectivity index (χ0n) is 13.6. The first kappa shape index (κ1) is 18.8. The fraction of sp³-hybridized carbons (Fsp3) is 0.235. The molecule has 0 bridgehead atoms. The van der Waals surface area contributed by atoms with E-state index >= 15 is 0 Å². The van der Waals surface area contributed by atoms with E-state index in [1.807, 2.05) is 6.92 Å². The van der Waals surface area contributed by atoms with E-state index in [1.54, 1.807) is 12.1 Å². The van der Waals surface area contributed by atoms with Crippen molar-refractivity contribution < 1.29 is 23.0 Å². The largest absolute Gasteiger partial charge is 0.495 e. The van der Waals surface area contributed by atoms with E-state index in [0.717, 1.165) is 5.56 Å². The van der Waals surface area contributed by atoms with Gasteiger partial charge in [-0.1, -0.05) is 11.6 Å². The Morgan fingerprint density at radius 1 is 1.24 bits per heavy atom. The Labute approximate surface area is 148 Å². The SMILES string of the molecule is COc1cc(Cl)c(C)cc1NC(=O)CNc1ccc(OC(F)F)cc1. The second-order valence-corrected chi connectivity index (χ2v) is 5.51. The molecule has 0 fully saturated rings. The highest BCUT2D eigenvalue weighted by Gasteiger charge is 2.10. The van der Waals surface area contributed by atoms with Crippen LogP contribution in [0.25, 0.3) is 0 Å². The van der Waals surface area contributed by atoms with E-state index in [9.17, 15) is 13.6 Å². The molecule has 0 saturated carbocycles. The standard InChI is InChI=1S/C17H17ClF2N2O3/c1-10-7-14(15(24-2)8-13(10)18)22-16(23)9-21-11-3-5-12(6-4-11)25-17(19)20/h3-8,17,21H,9H2,1-2H3,(H,22,23). The van der Waals surface area contributed by atoms with Gasteiger partial charge >= 0.3 is 6.61 Å². The number of carbonyl (C=O) groups excluding carboxylic acids is 1. The molecule has 2 rings (SSSR count). The predicted octanol–water partition coefficient (Wildman–Crippen LogP) is 4.31. The van der Waals surface area contributed by atoms with Gasteiger partial charge in [0.2, 0.25) is 5.91 Å². The Kier molecular flexibility index (Phi) is 6.41. The molecule has 0 atom stereocenters. The molecular formula is C17H17ClF2N2O3. The van der Waals surface area contributed by atoms with Crippen LogP contribution in [0, 0.1) is 6.92 Å². The topological polar surface area (TPSA) is 59.6 Å². The van der Waals surface area contributed by atoms with Crippen LogP contribution in [-0.4, -0.2) is 26.2 Å². The van der Waals surface area contributed by atoms with Crippen molar-refractivity contribution in [2.24, 2.45) is 0 Å². The van der Waals surface area contributed by atoms with Crippen LogP contribution in [0.2, 0.25) is 5.02 Å². The van der Waals surface area contributed by atoms with Gasteiger partial charge in [-0.3, -0.25) is 4.79 Å². The molecule has 1 amide bonds. The Morgan fingerprint density at radius 2 is 1.92 bits per heavy atom. The van der Waals surface area contributed by atoms with Crippen molar-refractivity contribution in [3.8, 4) is 11.5 Å². The molecule has 0 aliphatic carbocycles. The highest BCUT2D eigenvalue weighted by molar-refractivity contribution is 6.31. The number of halogens is 3. The van der Waals surface area contributed by atoms with Crippen LogP contribution in [0.4, 0.5) is 20.2 Å². The summed E-state index contributed by atoms with van der Waals surface area (Å²) in [5.41, 5.74) is 1.91. The number of rotatable bonds is 7. The monoisotopic (exact) mass is 370 g/mol. The zero-order valence-corrected chi connectivity index (χ0v) is 14.4. The van der Waals surface area contributed by atoms with E-state index in [0.29, 0.717) is 22.1 Å². The van der Waals surface area contributed by atoms with Crippen molar-refractivity contribution in [2.75, 3.05) is 24.3 Å². The van der Waals surface area contributed by atoms with Gasteiger partial charge in [-0.25, -0.2) is 0 Å². The molecule has 8 heteroatoms. The van der Waals surface area contributed by atoms with Crippen LogP contribution in [0.5, 0.6) is 11.5 Å². The zero-order chi connectivity index (χ0) is 18.4. The van der Waals surface area contributed by atoms with Crippen LogP contribution in [-0.2, 0) is 4.79 Å². The average molecular weight is 371 g/mol. The van der Waals surface area contributed by atoms with Gasteiger partial charge in [-0.2, -0.15) is 8.78 Å². The Bertz CT molecular complexity index is 739. The van der Waals surface area contributed by atoms with Gasteiger partial charge in [0, 0.05) is 16.8 Å². The molecule has 0 radical (unpaired) electrons. The van der Waals surface area contributed by atoms with E-state index in [4.69, 9.17) is 16.3 Å². The Balaban J connectivity index is 1.94. The van der Waals surface area contributed by atoms with Crippen molar-refractivity contribution in [2.45, 2.75) is 13.5 Å². The number of benzene rings is 2. The number of aryl methyl sites for hydroxylation is 1. The van der Waals surface area contributed by atoms with Gasteiger partial charge in [0.05, 0.1) is 19.3 Å². The number of carbonyl (C=O) groups is 1. The number of hydrogen-bond donors (Lipinski definition) is 2. The fourth-order valence-electron chi connectivity index (χ4n) is 2.06. The van der Waals surface area contributed by atoms with Crippen molar-refractivity contribution in [1.29, 1.82) is 0 Å². The van der Waals surface area contributed by atoms with Crippen LogP contribution in [0.3, 0.4) is 0 Å². The molecular weight excluding hydrogens is 354 g/mol. The van der Waals surface area contributed by atoms with Crippen molar-refractivity contribution in [1.82, 2.24) is 0 Å². The first-order valence-electron chi connectivity index (χ1n) is 7.31. The molecule has 0 aliphatic rings. The number of hydrogen-bond acceptors (Lipinski definition) is 4. The maximum atomic E-state index is 12.1. The first-order valence-corrected chi connectivity index (χ1v) is 7.69. The van der Waals surface area contributed by atoms with Gasteiger partial charge in [0.1, 0.15) is 11.5 Å². The summed E-state index contributed by atoms with van der Waals surface area (Å²) in [5, 5.41) is 6.16. The van der Waals surface area contributed by atoms with E-state index < -0.39 is 6.61 Å². The number of nitrogens with one attached hydrogen (secondary N) is 2. The molecule has 2 N–H and O–H groups in total. The lowest BCUT2D eigenvalue weighted by Crippen LogP contribution is -2.22. The summed E-state index contributed by atoms with van der Waals surface area (Å²) in [6, 6.07) is 9.20. The van der Waals surface area contributed by atoms with Crippen molar-refractivity contribution in [3.05, 3.63) is 47.0 Å². The maximum Gasteiger partial charge on any atom is 0.387 e. The highest BCUT2D eigenvalue weighted by atomic mass is 35.5. The lowest BCUT2D eigenvalue weighted by atomic mass is 10.2. The highest BCUT2D eigenvalue weighted by Crippen LogP contribution is 2.30. The summed E-state index contributed by atoms with van der Waals surface area (Å²) in [4.78, 5) is 12.1. The van der Waals surface area contributed by atoms with Gasteiger partial charge in [0.25, 0.3) is 0 Å². The molecule has 0 saturated heterocycles. The molecule has 2 aromatic rings. The summed E-state index contributed by atoms with van der Waals surface area (Å²) in [7, 11) is 1.48. The lowest BCUT2D eigenvalue weighted by molar-refractivity contribution is -0.114. The van der Waals surface area contributed by atoms with E-state index in [-0.39, 0.29) is 18.2 Å². The third kappa shape index (κ3) is 5.49. The van der Waals surface area contributed by atoms with Crippen LogP contribution >= 0.6 is 11.6 Å².